The maximum atomic E-state index is 9.40. The van der Waals surface area contributed by atoms with E-state index in [1.54, 1.807) is 12.1 Å². The number of hydrogen-bond donors (Lipinski definition) is 3. The number of nitrogens with zero attached hydrogens (tertiary/aromatic N) is 4. The van der Waals surface area contributed by atoms with E-state index < -0.39 is 0 Å². The Morgan fingerprint density at radius 2 is 1.60 bits per heavy atom. The fraction of sp³-hybridized carbons (Fsp3) is 0.333. The number of hydroxylamine groups is 1. The van der Waals surface area contributed by atoms with Gasteiger partial charge in [0.1, 0.15) is 0 Å². The van der Waals surface area contributed by atoms with Crippen LogP contribution in [0.5, 0.6) is 17.2 Å². The van der Waals surface area contributed by atoms with Crippen LogP contribution in [0.2, 0.25) is 0 Å². The van der Waals surface area contributed by atoms with Gasteiger partial charge in [0.2, 0.25) is 5.75 Å². The molecule has 0 aliphatic carbocycles. The summed E-state index contributed by atoms with van der Waals surface area (Å²) in [5.41, 5.74) is 1.15. The summed E-state index contributed by atoms with van der Waals surface area (Å²) in [6, 6.07) is 3.46. The summed E-state index contributed by atoms with van der Waals surface area (Å²) in [6.07, 6.45) is 1.63. The zero-order chi connectivity index (χ0) is 18.6. The molecule has 10 nitrogen and oxygen atoms in total. The van der Waals surface area contributed by atoms with Crippen LogP contribution in [0.1, 0.15) is 11.1 Å². The predicted molar refractivity (Wildman–Crippen MR) is 87.2 cm³/mol. The van der Waals surface area contributed by atoms with Crippen molar-refractivity contribution >= 4 is 11.8 Å². The van der Waals surface area contributed by atoms with E-state index in [1.165, 1.54) is 34.6 Å². The van der Waals surface area contributed by atoms with Crippen LogP contribution in [0.15, 0.2) is 18.3 Å². The zero-order valence-electron chi connectivity index (χ0n) is 14.3. The number of aromatic nitrogens is 2. The third-order valence-corrected chi connectivity index (χ3v) is 3.43. The summed E-state index contributed by atoms with van der Waals surface area (Å²) in [6.45, 7) is 0. The number of hydrogen-bond acceptors (Lipinski definition) is 10. The third kappa shape index (κ3) is 3.99. The molecule has 3 N–H and O–H groups in total. The Hall–Kier alpha value is -2.82. The van der Waals surface area contributed by atoms with Crippen LogP contribution in [0.25, 0.3) is 0 Å². The highest BCUT2D eigenvalue weighted by Gasteiger charge is 2.17. The molecule has 0 saturated heterocycles. The average molecular weight is 352 g/mol. The van der Waals surface area contributed by atoms with Crippen molar-refractivity contribution in [3.8, 4) is 17.2 Å². The molecule has 10 heteroatoms. The molecule has 0 atom stereocenters. The standard InChI is InChI=1S/C15H20N4O6/c1-18(20)15-16-8-10(14(17-15)19(21)22)5-9-6-11(23-2)13(25-4)12(7-9)24-3/h6-8,20-22H,5H2,1-4H3. The van der Waals surface area contributed by atoms with E-state index in [1.807, 2.05) is 0 Å². The van der Waals surface area contributed by atoms with Crippen LogP contribution in [0.4, 0.5) is 11.8 Å². The molecule has 0 radical (unpaired) electrons. The largest absolute Gasteiger partial charge is 0.493 e. The van der Waals surface area contributed by atoms with Crippen LogP contribution in [0.3, 0.4) is 0 Å². The lowest BCUT2D eigenvalue weighted by Gasteiger charge is -2.17. The van der Waals surface area contributed by atoms with Gasteiger partial charge in [-0.05, 0) is 17.7 Å². The predicted octanol–water partition coefficient (Wildman–Crippen LogP) is 1.50. The molecule has 0 amide bonds. The molecular formula is C15H20N4O6. The first-order valence-electron chi connectivity index (χ1n) is 7.16. The maximum Gasteiger partial charge on any atom is 0.251 e. The van der Waals surface area contributed by atoms with Gasteiger partial charge >= 0.3 is 0 Å². The van der Waals surface area contributed by atoms with Gasteiger partial charge in [0.15, 0.2) is 17.3 Å². The first-order chi connectivity index (χ1) is 11.9. The molecule has 2 aromatic rings. The van der Waals surface area contributed by atoms with E-state index in [2.05, 4.69) is 9.97 Å². The summed E-state index contributed by atoms with van der Waals surface area (Å²) in [5.74, 6) is 1.14. The number of ether oxygens (including phenoxy) is 3. The van der Waals surface area contributed by atoms with E-state index >= 15 is 0 Å². The van der Waals surface area contributed by atoms with Crippen LogP contribution >= 0.6 is 0 Å². The van der Waals surface area contributed by atoms with Gasteiger partial charge in [-0.1, -0.05) is 0 Å². The van der Waals surface area contributed by atoms with Crippen molar-refractivity contribution in [2.75, 3.05) is 38.7 Å². The zero-order valence-corrected chi connectivity index (χ0v) is 14.3. The average Bonchev–Trinajstić information content (AvgIpc) is 2.60. The molecule has 0 unspecified atom stereocenters. The molecule has 1 heterocycles. The van der Waals surface area contributed by atoms with Crippen LogP contribution in [-0.2, 0) is 6.42 Å². The van der Waals surface area contributed by atoms with Crippen molar-refractivity contribution in [2.24, 2.45) is 0 Å². The third-order valence-electron chi connectivity index (χ3n) is 3.43. The van der Waals surface area contributed by atoms with Crippen molar-refractivity contribution < 1.29 is 29.8 Å². The van der Waals surface area contributed by atoms with Crippen LogP contribution < -0.4 is 24.5 Å². The van der Waals surface area contributed by atoms with Gasteiger partial charge in [-0.2, -0.15) is 4.98 Å². The molecule has 2 rings (SSSR count). The quantitative estimate of drug-likeness (QED) is 0.632. The SMILES string of the molecule is COc1cc(Cc2cnc(N(C)O)nc2N(O)O)cc(OC)c1OC. The molecule has 0 aliphatic heterocycles. The highest BCUT2D eigenvalue weighted by atomic mass is 16.8. The van der Waals surface area contributed by atoms with Gasteiger partial charge in [-0.25, -0.2) is 10.0 Å². The van der Waals surface area contributed by atoms with Crippen molar-refractivity contribution in [1.82, 2.24) is 9.97 Å². The molecule has 0 aliphatic rings. The van der Waals surface area contributed by atoms with Crippen molar-refractivity contribution in [3.63, 3.8) is 0 Å². The molecule has 1 aromatic heterocycles. The minimum Gasteiger partial charge on any atom is -0.493 e. The second-order valence-electron chi connectivity index (χ2n) is 5.04. The minimum atomic E-state index is -0.167. The Kier molecular flexibility index (Phi) is 5.80. The number of rotatable bonds is 7. The first kappa shape index (κ1) is 18.5. The van der Waals surface area contributed by atoms with Gasteiger partial charge < -0.3 is 14.2 Å². The Labute approximate surface area is 144 Å². The Balaban J connectivity index is 2.45. The summed E-state index contributed by atoms with van der Waals surface area (Å²) in [5, 5.41) is 28.7. The molecule has 25 heavy (non-hydrogen) atoms. The fourth-order valence-electron chi connectivity index (χ4n) is 2.30. The molecule has 0 bridgehead atoms. The number of anilines is 2. The van der Waals surface area contributed by atoms with Gasteiger partial charge in [0.05, 0.1) is 21.3 Å². The van der Waals surface area contributed by atoms with Gasteiger partial charge in [-0.3, -0.25) is 15.6 Å². The maximum absolute atomic E-state index is 9.40. The summed E-state index contributed by atoms with van der Waals surface area (Å²) in [4.78, 5) is 7.86. The molecule has 136 valence electrons. The summed E-state index contributed by atoms with van der Waals surface area (Å²) < 4.78 is 15.9. The lowest BCUT2D eigenvalue weighted by molar-refractivity contribution is 0.0262. The van der Waals surface area contributed by atoms with Crippen molar-refractivity contribution in [1.29, 1.82) is 0 Å². The van der Waals surface area contributed by atoms with E-state index in [0.717, 1.165) is 5.56 Å². The molecule has 0 saturated carbocycles. The van der Waals surface area contributed by atoms with Gasteiger partial charge in [-0.15, -0.1) is 5.23 Å². The van der Waals surface area contributed by atoms with Gasteiger partial charge in [0.25, 0.3) is 5.95 Å². The van der Waals surface area contributed by atoms with E-state index in [-0.39, 0.29) is 23.4 Å². The first-order valence-corrected chi connectivity index (χ1v) is 7.16. The van der Waals surface area contributed by atoms with E-state index in [4.69, 9.17) is 14.2 Å². The van der Waals surface area contributed by atoms with Crippen LogP contribution in [0, 0.1) is 0 Å². The smallest absolute Gasteiger partial charge is 0.251 e. The number of methoxy groups -OCH3 is 3. The van der Waals surface area contributed by atoms with Crippen molar-refractivity contribution in [3.05, 3.63) is 29.5 Å². The minimum absolute atomic E-state index is 0.0863. The van der Waals surface area contributed by atoms with Crippen molar-refractivity contribution in [2.45, 2.75) is 6.42 Å². The topological polar surface area (TPSA) is 121 Å². The Morgan fingerprint density at radius 3 is 2.04 bits per heavy atom. The fourth-order valence-corrected chi connectivity index (χ4v) is 2.30. The van der Waals surface area contributed by atoms with E-state index in [9.17, 15) is 15.6 Å². The van der Waals surface area contributed by atoms with Crippen LogP contribution in [-0.4, -0.2) is 54.0 Å². The number of benzene rings is 1. The second-order valence-corrected chi connectivity index (χ2v) is 5.04. The van der Waals surface area contributed by atoms with Gasteiger partial charge in [0, 0.05) is 25.2 Å². The molecule has 0 fully saturated rings. The summed E-state index contributed by atoms with van der Waals surface area (Å²) >= 11 is 0. The second kappa shape index (κ2) is 7.83. The summed E-state index contributed by atoms with van der Waals surface area (Å²) in [7, 11) is 5.83. The van der Waals surface area contributed by atoms with E-state index in [0.29, 0.717) is 27.9 Å². The highest BCUT2D eigenvalue weighted by Crippen LogP contribution is 2.39. The molecule has 0 spiro atoms. The highest BCUT2D eigenvalue weighted by molar-refractivity contribution is 5.56. The molecule has 1 aromatic carbocycles. The lowest BCUT2D eigenvalue weighted by Crippen LogP contribution is -2.20. The normalized spacial score (nSPS) is 10.4. The Bertz CT molecular complexity index is 713. The lowest BCUT2D eigenvalue weighted by atomic mass is 10.1. The Morgan fingerprint density at radius 1 is 1.00 bits per heavy atom. The monoisotopic (exact) mass is 352 g/mol. The molecular weight excluding hydrogens is 332 g/mol.